The molecule has 0 aliphatic carbocycles. The normalized spacial score (nSPS) is 19.0. The first kappa shape index (κ1) is 16.5. The molecule has 0 aromatic carbocycles. The van der Waals surface area contributed by atoms with Crippen molar-refractivity contribution in [1.29, 1.82) is 0 Å². The third-order valence-corrected chi connectivity index (χ3v) is 5.56. The Hall–Kier alpha value is -1.37. The van der Waals surface area contributed by atoms with Crippen LogP contribution < -0.4 is 5.32 Å². The lowest BCUT2D eigenvalue weighted by Crippen LogP contribution is -2.34. The first-order valence-corrected chi connectivity index (χ1v) is 9.01. The molecule has 1 saturated heterocycles. The molecule has 0 spiro atoms. The van der Waals surface area contributed by atoms with Crippen molar-refractivity contribution in [3.8, 4) is 0 Å². The number of likely N-dealkylation sites (tertiary alicyclic amines) is 1. The molecule has 5 nitrogen and oxygen atoms in total. The van der Waals surface area contributed by atoms with E-state index in [-0.39, 0.29) is 5.91 Å². The second-order valence-corrected chi connectivity index (χ2v) is 7.54. The van der Waals surface area contributed by atoms with Crippen LogP contribution in [0.3, 0.4) is 0 Å². The van der Waals surface area contributed by atoms with Crippen LogP contribution in [0.1, 0.15) is 46.4 Å². The fourth-order valence-corrected chi connectivity index (χ4v) is 4.29. The molecule has 1 aliphatic rings. The molecular formula is C16H21ClN4OS. The molecule has 1 amide bonds. The van der Waals surface area contributed by atoms with Gasteiger partial charge in [-0.3, -0.25) is 9.69 Å². The zero-order valence-corrected chi connectivity index (χ0v) is 15.0. The molecule has 0 radical (unpaired) electrons. The Kier molecular flexibility index (Phi) is 5.04. The van der Waals surface area contributed by atoms with Crippen molar-refractivity contribution in [1.82, 2.24) is 19.8 Å². The maximum atomic E-state index is 11.9. The molecule has 1 aliphatic heterocycles. The summed E-state index contributed by atoms with van der Waals surface area (Å²) in [4.78, 5) is 19.7. The van der Waals surface area contributed by atoms with E-state index in [0.29, 0.717) is 16.2 Å². The van der Waals surface area contributed by atoms with Crippen LogP contribution in [-0.4, -0.2) is 34.0 Å². The van der Waals surface area contributed by atoms with Gasteiger partial charge in [0.1, 0.15) is 5.69 Å². The minimum Gasteiger partial charge on any atom is -0.354 e. The van der Waals surface area contributed by atoms with E-state index in [1.165, 1.54) is 34.7 Å². The number of hydrogen-bond donors (Lipinski definition) is 1. The van der Waals surface area contributed by atoms with Crippen LogP contribution in [-0.2, 0) is 13.6 Å². The minimum absolute atomic E-state index is 0.0460. The Morgan fingerprint density at radius 2 is 2.30 bits per heavy atom. The van der Waals surface area contributed by atoms with Gasteiger partial charge in [0.2, 0.25) is 0 Å². The van der Waals surface area contributed by atoms with Crippen molar-refractivity contribution in [2.24, 2.45) is 7.05 Å². The molecule has 0 unspecified atom stereocenters. The smallest absolute Gasteiger partial charge is 0.267 e. The molecule has 124 valence electrons. The topological polar surface area (TPSA) is 50.2 Å². The Balaban J connectivity index is 1.84. The highest BCUT2D eigenvalue weighted by molar-refractivity contribution is 7.15. The minimum atomic E-state index is -0.0460. The van der Waals surface area contributed by atoms with E-state index in [2.05, 4.69) is 21.3 Å². The Morgan fingerprint density at radius 3 is 3.00 bits per heavy atom. The number of piperidine rings is 1. The summed E-state index contributed by atoms with van der Waals surface area (Å²) in [5.74, 6) is -0.0460. The van der Waals surface area contributed by atoms with Gasteiger partial charge in [-0.1, -0.05) is 18.0 Å². The summed E-state index contributed by atoms with van der Waals surface area (Å²) in [6, 6.07) is 4.31. The summed E-state index contributed by atoms with van der Waals surface area (Å²) >= 11 is 7.49. The largest absolute Gasteiger partial charge is 0.354 e. The summed E-state index contributed by atoms with van der Waals surface area (Å²) in [7, 11) is 3.63. The number of nitrogens with zero attached hydrogens (tertiary/aromatic N) is 3. The molecule has 1 fully saturated rings. The predicted octanol–water partition coefficient (Wildman–Crippen LogP) is 3.22. The van der Waals surface area contributed by atoms with Crippen LogP contribution in [0, 0.1) is 0 Å². The maximum absolute atomic E-state index is 11.9. The third kappa shape index (κ3) is 3.44. The van der Waals surface area contributed by atoms with Gasteiger partial charge in [0.05, 0.1) is 6.04 Å². The summed E-state index contributed by atoms with van der Waals surface area (Å²) in [6.07, 6.45) is 5.39. The van der Waals surface area contributed by atoms with Gasteiger partial charge >= 0.3 is 0 Å². The van der Waals surface area contributed by atoms with E-state index >= 15 is 0 Å². The van der Waals surface area contributed by atoms with Crippen LogP contribution in [0.25, 0.3) is 0 Å². The number of amides is 1. The fraction of sp³-hybridized carbons (Fsp3) is 0.500. The molecule has 2 aromatic rings. The lowest BCUT2D eigenvalue weighted by atomic mass is 9.99. The van der Waals surface area contributed by atoms with Crippen LogP contribution >= 0.6 is 22.9 Å². The van der Waals surface area contributed by atoms with Crippen molar-refractivity contribution < 1.29 is 4.79 Å². The van der Waals surface area contributed by atoms with Gasteiger partial charge in [-0.05, 0) is 31.5 Å². The van der Waals surface area contributed by atoms with E-state index in [1.807, 2.05) is 23.9 Å². The SMILES string of the molecule is CNC(=O)c1ccc([C@@H]2CCCCN2Cc2cnc(Cl)s2)n1C. The second kappa shape index (κ2) is 7.03. The van der Waals surface area contributed by atoms with Crippen molar-refractivity contribution in [2.45, 2.75) is 31.8 Å². The molecule has 3 heterocycles. The van der Waals surface area contributed by atoms with Gasteiger partial charge in [0.15, 0.2) is 4.47 Å². The fourth-order valence-electron chi connectivity index (χ4n) is 3.29. The number of carbonyl (C=O) groups excluding carboxylic acids is 1. The first-order valence-electron chi connectivity index (χ1n) is 7.82. The lowest BCUT2D eigenvalue weighted by Gasteiger charge is -2.35. The van der Waals surface area contributed by atoms with E-state index < -0.39 is 0 Å². The predicted molar refractivity (Wildman–Crippen MR) is 92.9 cm³/mol. The van der Waals surface area contributed by atoms with Gasteiger partial charge < -0.3 is 9.88 Å². The standard InChI is InChI=1S/C16H21ClN4OS/c1-18-15(22)14-7-6-12(20(14)2)13-5-3-4-8-21(13)10-11-9-19-16(17)23-11/h6-7,9,13H,3-5,8,10H2,1-2H3,(H,18,22)/t13-/m0/s1. The molecule has 1 N–H and O–H groups in total. The van der Waals surface area contributed by atoms with E-state index in [1.54, 1.807) is 7.05 Å². The molecule has 7 heteroatoms. The summed E-state index contributed by atoms with van der Waals surface area (Å²) in [5.41, 5.74) is 1.90. The van der Waals surface area contributed by atoms with Gasteiger partial charge in [0.25, 0.3) is 5.91 Å². The Labute approximate surface area is 145 Å². The molecule has 1 atom stereocenters. The van der Waals surface area contributed by atoms with Crippen LogP contribution in [0.4, 0.5) is 0 Å². The van der Waals surface area contributed by atoms with Crippen LogP contribution in [0.15, 0.2) is 18.3 Å². The van der Waals surface area contributed by atoms with Crippen molar-refractivity contribution in [2.75, 3.05) is 13.6 Å². The number of rotatable bonds is 4. The van der Waals surface area contributed by atoms with E-state index in [0.717, 1.165) is 19.5 Å². The molecule has 0 bridgehead atoms. The van der Waals surface area contributed by atoms with Crippen molar-refractivity contribution in [3.63, 3.8) is 0 Å². The summed E-state index contributed by atoms with van der Waals surface area (Å²) < 4.78 is 2.61. The van der Waals surface area contributed by atoms with Gasteiger partial charge in [-0.15, -0.1) is 11.3 Å². The number of nitrogens with one attached hydrogen (secondary N) is 1. The molecule has 3 rings (SSSR count). The van der Waals surface area contributed by atoms with Gasteiger partial charge in [0, 0.05) is 37.4 Å². The number of halogens is 1. The van der Waals surface area contributed by atoms with Gasteiger partial charge in [-0.2, -0.15) is 0 Å². The van der Waals surface area contributed by atoms with E-state index in [9.17, 15) is 4.79 Å². The third-order valence-electron chi connectivity index (χ3n) is 4.46. The van der Waals surface area contributed by atoms with E-state index in [4.69, 9.17) is 11.6 Å². The van der Waals surface area contributed by atoms with Crippen LogP contribution in [0.2, 0.25) is 4.47 Å². The zero-order valence-electron chi connectivity index (χ0n) is 13.4. The highest BCUT2D eigenvalue weighted by atomic mass is 35.5. The molecular weight excluding hydrogens is 332 g/mol. The number of aromatic nitrogens is 2. The second-order valence-electron chi connectivity index (χ2n) is 5.84. The number of hydrogen-bond acceptors (Lipinski definition) is 4. The number of carbonyl (C=O) groups is 1. The van der Waals surface area contributed by atoms with Crippen LogP contribution in [0.5, 0.6) is 0 Å². The average molecular weight is 353 g/mol. The Morgan fingerprint density at radius 1 is 1.48 bits per heavy atom. The zero-order chi connectivity index (χ0) is 16.4. The highest BCUT2D eigenvalue weighted by Crippen LogP contribution is 2.34. The number of thiazole rings is 1. The lowest BCUT2D eigenvalue weighted by molar-refractivity contribution is 0.0952. The highest BCUT2D eigenvalue weighted by Gasteiger charge is 2.27. The van der Waals surface area contributed by atoms with Crippen molar-refractivity contribution >= 4 is 28.8 Å². The maximum Gasteiger partial charge on any atom is 0.267 e. The summed E-state index contributed by atoms with van der Waals surface area (Å²) in [6.45, 7) is 1.91. The quantitative estimate of drug-likeness (QED) is 0.919. The monoisotopic (exact) mass is 352 g/mol. The summed E-state index contributed by atoms with van der Waals surface area (Å²) in [5, 5.41) is 2.70. The molecule has 2 aromatic heterocycles. The molecule has 0 saturated carbocycles. The molecule has 23 heavy (non-hydrogen) atoms. The van der Waals surface area contributed by atoms with Gasteiger partial charge in [-0.25, -0.2) is 4.98 Å². The Bertz CT molecular complexity index is 696. The first-order chi connectivity index (χ1) is 11.1. The average Bonchev–Trinajstić information content (AvgIpc) is 3.13. The van der Waals surface area contributed by atoms with Crippen molar-refractivity contribution in [3.05, 3.63) is 39.1 Å².